The van der Waals surface area contributed by atoms with E-state index >= 15 is 0 Å². The third-order valence-electron chi connectivity index (χ3n) is 3.03. The maximum absolute atomic E-state index is 11.7. The molecule has 0 spiro atoms. The van der Waals surface area contributed by atoms with E-state index in [1.807, 2.05) is 30.3 Å². The van der Waals surface area contributed by atoms with E-state index in [0.29, 0.717) is 0 Å². The monoisotopic (exact) mass is 234 g/mol. The van der Waals surface area contributed by atoms with Crippen molar-refractivity contribution in [3.8, 4) is 0 Å². The van der Waals surface area contributed by atoms with Gasteiger partial charge in [0.2, 0.25) is 5.91 Å². The van der Waals surface area contributed by atoms with Gasteiger partial charge in [-0.15, -0.1) is 0 Å². The van der Waals surface area contributed by atoms with Crippen molar-refractivity contribution in [3.05, 3.63) is 35.9 Å². The van der Waals surface area contributed by atoms with Crippen LogP contribution < -0.4 is 10.6 Å². The van der Waals surface area contributed by atoms with Crippen molar-refractivity contribution in [1.29, 1.82) is 0 Å². The van der Waals surface area contributed by atoms with Crippen LogP contribution in [0.25, 0.3) is 0 Å². The number of aliphatic hydroxyl groups is 1. The van der Waals surface area contributed by atoms with Crippen LogP contribution >= 0.6 is 0 Å². The van der Waals surface area contributed by atoms with Gasteiger partial charge in [0, 0.05) is 6.54 Å². The fraction of sp³-hybridized carbons (Fsp3) is 0.462. The molecular formula is C13H18N2O2. The Kier molecular flexibility index (Phi) is 4.12. The van der Waals surface area contributed by atoms with Crippen LogP contribution in [0, 0.1) is 0 Å². The van der Waals surface area contributed by atoms with Gasteiger partial charge in [0.15, 0.2) is 0 Å². The Labute approximate surface area is 101 Å². The van der Waals surface area contributed by atoms with Crippen molar-refractivity contribution < 1.29 is 9.90 Å². The molecule has 4 heteroatoms. The van der Waals surface area contributed by atoms with Crippen LogP contribution in [0.5, 0.6) is 0 Å². The second-order valence-electron chi connectivity index (χ2n) is 4.32. The van der Waals surface area contributed by atoms with Crippen molar-refractivity contribution in [3.63, 3.8) is 0 Å². The van der Waals surface area contributed by atoms with E-state index in [4.69, 9.17) is 0 Å². The molecule has 1 fully saturated rings. The molecule has 1 aromatic rings. The second-order valence-corrected chi connectivity index (χ2v) is 4.32. The first kappa shape index (κ1) is 12.1. The van der Waals surface area contributed by atoms with Gasteiger partial charge in [0.05, 0.1) is 12.1 Å². The lowest BCUT2D eigenvalue weighted by Crippen LogP contribution is -2.41. The molecule has 4 nitrogen and oxygen atoms in total. The van der Waals surface area contributed by atoms with Crippen molar-refractivity contribution in [2.24, 2.45) is 0 Å². The zero-order chi connectivity index (χ0) is 12.1. The van der Waals surface area contributed by atoms with E-state index in [9.17, 15) is 9.90 Å². The number of carbonyl (C=O) groups is 1. The summed E-state index contributed by atoms with van der Waals surface area (Å²) in [5, 5.41) is 15.8. The van der Waals surface area contributed by atoms with Crippen LogP contribution in [0.2, 0.25) is 0 Å². The quantitative estimate of drug-likeness (QED) is 0.714. The standard InChI is InChI=1S/C13H18N2O2/c16-12(10-5-2-1-3-6-10)9-15-13(17)11-7-4-8-14-11/h1-3,5-6,11-12,14,16H,4,7-9H2,(H,15,17). The molecule has 0 aromatic heterocycles. The second kappa shape index (κ2) is 5.80. The molecule has 1 saturated heterocycles. The van der Waals surface area contributed by atoms with E-state index in [-0.39, 0.29) is 18.5 Å². The predicted octanol–water partition coefficient (Wildman–Crippen LogP) is 0.588. The molecule has 3 N–H and O–H groups in total. The van der Waals surface area contributed by atoms with Gasteiger partial charge in [-0.3, -0.25) is 4.79 Å². The number of hydrogen-bond acceptors (Lipinski definition) is 3. The van der Waals surface area contributed by atoms with Gasteiger partial charge < -0.3 is 15.7 Å². The first-order chi connectivity index (χ1) is 8.27. The number of benzene rings is 1. The third kappa shape index (κ3) is 3.28. The van der Waals surface area contributed by atoms with Crippen LogP contribution in [0.15, 0.2) is 30.3 Å². The topological polar surface area (TPSA) is 61.4 Å². The molecule has 0 aliphatic carbocycles. The Morgan fingerprint density at radius 3 is 2.88 bits per heavy atom. The Morgan fingerprint density at radius 1 is 1.47 bits per heavy atom. The Hall–Kier alpha value is -1.39. The summed E-state index contributed by atoms with van der Waals surface area (Å²) in [5.41, 5.74) is 0.826. The first-order valence-corrected chi connectivity index (χ1v) is 6.01. The molecule has 17 heavy (non-hydrogen) atoms. The minimum absolute atomic E-state index is 0.0162. The highest BCUT2D eigenvalue weighted by atomic mass is 16.3. The van der Waals surface area contributed by atoms with Crippen LogP contribution in [0.4, 0.5) is 0 Å². The Bertz CT molecular complexity index is 361. The van der Waals surface area contributed by atoms with Gasteiger partial charge >= 0.3 is 0 Å². The lowest BCUT2D eigenvalue weighted by molar-refractivity contribution is -0.123. The van der Waals surface area contributed by atoms with Crippen molar-refractivity contribution >= 4 is 5.91 Å². The predicted molar refractivity (Wildman–Crippen MR) is 65.4 cm³/mol. The SMILES string of the molecule is O=C(NCC(O)c1ccccc1)C1CCCN1. The average molecular weight is 234 g/mol. The van der Waals surface area contributed by atoms with E-state index in [1.165, 1.54) is 0 Å². The van der Waals surface area contributed by atoms with E-state index in [2.05, 4.69) is 10.6 Å². The van der Waals surface area contributed by atoms with Crippen molar-refractivity contribution in [1.82, 2.24) is 10.6 Å². The summed E-state index contributed by atoms with van der Waals surface area (Å²) >= 11 is 0. The zero-order valence-corrected chi connectivity index (χ0v) is 9.73. The summed E-state index contributed by atoms with van der Waals surface area (Å²) in [6, 6.07) is 9.27. The summed E-state index contributed by atoms with van der Waals surface area (Å²) in [4.78, 5) is 11.7. The molecule has 2 rings (SSSR count). The highest BCUT2D eigenvalue weighted by molar-refractivity contribution is 5.82. The lowest BCUT2D eigenvalue weighted by atomic mass is 10.1. The van der Waals surface area contributed by atoms with Crippen LogP contribution in [0.1, 0.15) is 24.5 Å². The van der Waals surface area contributed by atoms with Crippen molar-refractivity contribution in [2.45, 2.75) is 25.0 Å². The van der Waals surface area contributed by atoms with E-state index < -0.39 is 6.10 Å². The summed E-state index contributed by atoms with van der Waals surface area (Å²) in [7, 11) is 0. The molecule has 1 heterocycles. The van der Waals surface area contributed by atoms with Gasteiger partial charge in [-0.05, 0) is 24.9 Å². The third-order valence-corrected chi connectivity index (χ3v) is 3.03. The first-order valence-electron chi connectivity index (χ1n) is 6.01. The largest absolute Gasteiger partial charge is 0.387 e. The molecule has 1 aliphatic heterocycles. The van der Waals surface area contributed by atoms with Gasteiger partial charge in [-0.2, -0.15) is 0 Å². The molecule has 0 saturated carbocycles. The van der Waals surface area contributed by atoms with Crippen LogP contribution in [0.3, 0.4) is 0 Å². The number of hydrogen-bond donors (Lipinski definition) is 3. The highest BCUT2D eigenvalue weighted by Gasteiger charge is 2.22. The molecule has 1 amide bonds. The normalized spacial score (nSPS) is 21.1. The smallest absolute Gasteiger partial charge is 0.237 e. The average Bonchev–Trinajstić information content (AvgIpc) is 2.90. The van der Waals surface area contributed by atoms with Gasteiger partial charge in [0.1, 0.15) is 0 Å². The van der Waals surface area contributed by atoms with Crippen LogP contribution in [-0.2, 0) is 4.79 Å². The lowest BCUT2D eigenvalue weighted by Gasteiger charge is -2.15. The molecular weight excluding hydrogens is 216 g/mol. The minimum atomic E-state index is -0.637. The maximum atomic E-state index is 11.7. The highest BCUT2D eigenvalue weighted by Crippen LogP contribution is 2.11. The van der Waals surface area contributed by atoms with Crippen molar-refractivity contribution in [2.75, 3.05) is 13.1 Å². The summed E-state index contributed by atoms with van der Waals surface area (Å²) in [6.45, 7) is 1.17. The fourth-order valence-corrected chi connectivity index (χ4v) is 2.02. The summed E-state index contributed by atoms with van der Waals surface area (Å²) in [5.74, 6) is -0.0162. The molecule has 0 radical (unpaired) electrons. The molecule has 2 unspecified atom stereocenters. The van der Waals surface area contributed by atoms with Gasteiger partial charge in [-0.25, -0.2) is 0 Å². The molecule has 1 aromatic carbocycles. The number of amides is 1. The van der Waals surface area contributed by atoms with Crippen LogP contribution in [-0.4, -0.2) is 30.1 Å². The Morgan fingerprint density at radius 2 is 2.24 bits per heavy atom. The fourth-order valence-electron chi connectivity index (χ4n) is 2.02. The maximum Gasteiger partial charge on any atom is 0.237 e. The number of carbonyl (C=O) groups excluding carboxylic acids is 1. The van der Waals surface area contributed by atoms with E-state index in [1.54, 1.807) is 0 Å². The molecule has 0 bridgehead atoms. The van der Waals surface area contributed by atoms with E-state index in [0.717, 1.165) is 24.9 Å². The van der Waals surface area contributed by atoms with Gasteiger partial charge in [-0.1, -0.05) is 30.3 Å². The van der Waals surface area contributed by atoms with Gasteiger partial charge in [0.25, 0.3) is 0 Å². The number of rotatable bonds is 4. The minimum Gasteiger partial charge on any atom is -0.387 e. The number of aliphatic hydroxyl groups excluding tert-OH is 1. The molecule has 92 valence electrons. The summed E-state index contributed by atoms with van der Waals surface area (Å²) < 4.78 is 0. The summed E-state index contributed by atoms with van der Waals surface area (Å²) in [6.07, 6.45) is 1.29. The molecule has 1 aliphatic rings. The number of nitrogens with one attached hydrogen (secondary N) is 2. The zero-order valence-electron chi connectivity index (χ0n) is 9.73. The molecule has 2 atom stereocenters. The Balaban J connectivity index is 1.80.